The van der Waals surface area contributed by atoms with Gasteiger partial charge in [-0.25, -0.2) is 4.79 Å². The van der Waals surface area contributed by atoms with E-state index in [9.17, 15) is 19.6 Å². The number of aromatic nitrogens is 1. The standard InChI is InChI=1S/C25H30N4O6/c1-15(2)13-29-16(3)9-19(17(29)4)10-20(12-26)25(32)35-14-23(30)27-28-24(31)18-7-8-21(33-5)22(11-18)34-6/h7-11,15H,13-14H2,1-6H3,(H,27,30)(H,28,31). The maximum atomic E-state index is 12.3. The molecule has 10 heteroatoms. The molecule has 0 saturated carbocycles. The molecule has 2 N–H and O–H groups in total. The Morgan fingerprint density at radius 3 is 2.37 bits per heavy atom. The number of carbonyl (C=O) groups excluding carboxylic acids is 3. The van der Waals surface area contributed by atoms with E-state index >= 15 is 0 Å². The van der Waals surface area contributed by atoms with E-state index in [0.29, 0.717) is 17.4 Å². The molecule has 0 atom stereocenters. The number of hydrogen-bond acceptors (Lipinski definition) is 7. The molecule has 0 aliphatic heterocycles. The Bertz CT molecular complexity index is 1170. The molecule has 0 fully saturated rings. The SMILES string of the molecule is COc1ccc(C(=O)NNC(=O)COC(=O)C(C#N)=Cc2cc(C)n(CC(C)C)c2C)cc1OC. The van der Waals surface area contributed by atoms with E-state index in [1.807, 2.05) is 26.0 Å². The number of methoxy groups -OCH3 is 2. The van der Waals surface area contributed by atoms with Crippen LogP contribution in [0.2, 0.25) is 0 Å². The molecule has 0 unspecified atom stereocenters. The number of rotatable bonds is 9. The second kappa shape index (κ2) is 12.3. The number of hydrogen-bond donors (Lipinski definition) is 2. The maximum Gasteiger partial charge on any atom is 0.349 e. The van der Waals surface area contributed by atoms with Gasteiger partial charge >= 0.3 is 5.97 Å². The van der Waals surface area contributed by atoms with Crippen molar-refractivity contribution < 1.29 is 28.6 Å². The molecule has 2 aromatic rings. The lowest BCUT2D eigenvalue weighted by Gasteiger charge is -2.12. The summed E-state index contributed by atoms with van der Waals surface area (Å²) in [7, 11) is 2.90. The first kappa shape index (κ1) is 27.0. The van der Waals surface area contributed by atoms with E-state index in [1.54, 1.807) is 6.07 Å². The summed E-state index contributed by atoms with van der Waals surface area (Å²) in [5.41, 5.74) is 7.01. The highest BCUT2D eigenvalue weighted by atomic mass is 16.5. The number of benzene rings is 1. The van der Waals surface area contributed by atoms with Gasteiger partial charge in [0.25, 0.3) is 11.8 Å². The number of esters is 1. The Morgan fingerprint density at radius 2 is 1.77 bits per heavy atom. The number of nitrogens with zero attached hydrogens (tertiary/aromatic N) is 2. The van der Waals surface area contributed by atoms with Gasteiger partial charge in [0, 0.05) is 23.5 Å². The molecule has 0 spiro atoms. The fraction of sp³-hybridized carbons (Fsp3) is 0.360. The number of amides is 2. The van der Waals surface area contributed by atoms with Crippen molar-refractivity contribution in [3.8, 4) is 17.6 Å². The van der Waals surface area contributed by atoms with E-state index < -0.39 is 24.4 Å². The average molecular weight is 483 g/mol. The quantitative estimate of drug-likeness (QED) is 0.243. The number of aryl methyl sites for hydroxylation is 1. The maximum absolute atomic E-state index is 12.3. The lowest BCUT2D eigenvalue weighted by molar-refractivity contribution is -0.144. The van der Waals surface area contributed by atoms with E-state index in [4.69, 9.17) is 14.2 Å². The van der Waals surface area contributed by atoms with Crippen LogP contribution in [0, 0.1) is 31.1 Å². The van der Waals surface area contributed by atoms with E-state index in [0.717, 1.165) is 23.5 Å². The topological polar surface area (TPSA) is 132 Å². The monoisotopic (exact) mass is 482 g/mol. The first-order chi connectivity index (χ1) is 16.6. The fourth-order valence-corrected chi connectivity index (χ4v) is 3.33. The van der Waals surface area contributed by atoms with Gasteiger partial charge in [-0.1, -0.05) is 13.8 Å². The van der Waals surface area contributed by atoms with Crippen molar-refractivity contribution in [3.05, 3.63) is 52.4 Å². The fourth-order valence-electron chi connectivity index (χ4n) is 3.33. The second-order valence-corrected chi connectivity index (χ2v) is 8.15. The summed E-state index contributed by atoms with van der Waals surface area (Å²) in [5, 5.41) is 9.42. The van der Waals surface area contributed by atoms with Gasteiger partial charge in [-0.15, -0.1) is 0 Å². The van der Waals surface area contributed by atoms with Crippen LogP contribution in [0.1, 0.15) is 41.2 Å². The van der Waals surface area contributed by atoms with Crippen LogP contribution in [0.25, 0.3) is 6.08 Å². The second-order valence-electron chi connectivity index (χ2n) is 8.15. The molecule has 35 heavy (non-hydrogen) atoms. The zero-order chi connectivity index (χ0) is 26.1. The molecular formula is C25H30N4O6. The van der Waals surface area contributed by atoms with Gasteiger partial charge in [-0.3, -0.25) is 20.4 Å². The van der Waals surface area contributed by atoms with Gasteiger partial charge in [0.05, 0.1) is 14.2 Å². The molecule has 0 saturated heterocycles. The van der Waals surface area contributed by atoms with Crippen LogP contribution in [0.4, 0.5) is 0 Å². The molecule has 1 heterocycles. The summed E-state index contributed by atoms with van der Waals surface area (Å²) >= 11 is 0. The Balaban J connectivity index is 1.96. The van der Waals surface area contributed by atoms with Gasteiger partial charge in [0.1, 0.15) is 11.6 Å². The summed E-state index contributed by atoms with van der Waals surface area (Å²) in [4.78, 5) is 36.6. The smallest absolute Gasteiger partial charge is 0.349 e. The zero-order valence-electron chi connectivity index (χ0n) is 20.7. The molecular weight excluding hydrogens is 452 g/mol. The van der Waals surface area contributed by atoms with Crippen LogP contribution in [0.3, 0.4) is 0 Å². The van der Waals surface area contributed by atoms with Gasteiger partial charge < -0.3 is 18.8 Å². The number of nitriles is 1. The lowest BCUT2D eigenvalue weighted by Crippen LogP contribution is -2.43. The Labute approximate surface area is 204 Å². The average Bonchev–Trinajstić information content (AvgIpc) is 3.10. The molecule has 2 rings (SSSR count). The number of nitrogens with one attached hydrogen (secondary N) is 2. The van der Waals surface area contributed by atoms with Crippen molar-refractivity contribution in [1.29, 1.82) is 5.26 Å². The van der Waals surface area contributed by atoms with Gasteiger partial charge in [0.2, 0.25) is 0 Å². The van der Waals surface area contributed by atoms with Gasteiger partial charge in [0.15, 0.2) is 18.1 Å². The predicted octanol–water partition coefficient (Wildman–Crippen LogP) is 2.69. The Kier molecular flexibility index (Phi) is 9.46. The zero-order valence-corrected chi connectivity index (χ0v) is 20.7. The largest absolute Gasteiger partial charge is 0.493 e. The third-order valence-electron chi connectivity index (χ3n) is 5.10. The third-order valence-corrected chi connectivity index (χ3v) is 5.10. The van der Waals surface area contributed by atoms with Crippen molar-refractivity contribution >= 4 is 23.9 Å². The molecule has 1 aromatic heterocycles. The van der Waals surface area contributed by atoms with E-state index in [2.05, 4.69) is 29.3 Å². The molecule has 0 aliphatic carbocycles. The van der Waals surface area contributed by atoms with Gasteiger partial charge in [-0.05, 0) is 55.7 Å². The molecule has 10 nitrogen and oxygen atoms in total. The molecule has 0 aliphatic rings. The molecule has 1 aromatic carbocycles. The molecule has 0 bridgehead atoms. The van der Waals surface area contributed by atoms with Crippen molar-refractivity contribution in [1.82, 2.24) is 15.4 Å². The normalized spacial score (nSPS) is 11.0. The molecule has 186 valence electrons. The van der Waals surface area contributed by atoms with Crippen LogP contribution in [0.15, 0.2) is 29.8 Å². The first-order valence-corrected chi connectivity index (χ1v) is 10.9. The predicted molar refractivity (Wildman–Crippen MR) is 128 cm³/mol. The van der Waals surface area contributed by atoms with E-state index in [-0.39, 0.29) is 11.1 Å². The summed E-state index contributed by atoms with van der Waals surface area (Å²) in [6.07, 6.45) is 1.44. The summed E-state index contributed by atoms with van der Waals surface area (Å²) in [6, 6.07) is 8.19. The Morgan fingerprint density at radius 1 is 1.09 bits per heavy atom. The Hall–Kier alpha value is -4.26. The minimum Gasteiger partial charge on any atom is -0.493 e. The minimum absolute atomic E-state index is 0.213. The summed E-state index contributed by atoms with van der Waals surface area (Å²) < 4.78 is 17.3. The van der Waals surface area contributed by atoms with Crippen molar-refractivity contribution in [2.24, 2.45) is 5.92 Å². The number of carbonyl (C=O) groups is 3. The number of ether oxygens (including phenoxy) is 3. The van der Waals surface area contributed by atoms with Crippen LogP contribution in [-0.2, 0) is 20.9 Å². The van der Waals surface area contributed by atoms with Crippen molar-refractivity contribution in [2.45, 2.75) is 34.2 Å². The highest BCUT2D eigenvalue weighted by Gasteiger charge is 2.17. The van der Waals surface area contributed by atoms with Crippen LogP contribution < -0.4 is 20.3 Å². The van der Waals surface area contributed by atoms with Crippen LogP contribution in [0.5, 0.6) is 11.5 Å². The summed E-state index contributed by atoms with van der Waals surface area (Å²) in [5.74, 6) is -1.10. The molecule has 0 radical (unpaired) electrons. The van der Waals surface area contributed by atoms with Gasteiger partial charge in [-0.2, -0.15) is 5.26 Å². The van der Waals surface area contributed by atoms with Crippen LogP contribution in [-0.4, -0.2) is 43.2 Å². The summed E-state index contributed by atoms with van der Waals surface area (Å²) in [6.45, 7) is 8.21. The van der Waals surface area contributed by atoms with Crippen molar-refractivity contribution in [3.63, 3.8) is 0 Å². The number of hydrazine groups is 1. The molecule has 2 amide bonds. The van der Waals surface area contributed by atoms with Crippen LogP contribution >= 0.6 is 0 Å². The highest BCUT2D eigenvalue weighted by molar-refractivity contribution is 5.99. The minimum atomic E-state index is -0.942. The lowest BCUT2D eigenvalue weighted by atomic mass is 10.1. The highest BCUT2D eigenvalue weighted by Crippen LogP contribution is 2.27. The van der Waals surface area contributed by atoms with Crippen molar-refractivity contribution in [2.75, 3.05) is 20.8 Å². The first-order valence-electron chi connectivity index (χ1n) is 10.9. The van der Waals surface area contributed by atoms with E-state index in [1.165, 1.54) is 32.4 Å². The third kappa shape index (κ3) is 7.11.